The van der Waals surface area contributed by atoms with Crippen LogP contribution in [0.25, 0.3) is 0 Å². The smallest absolute Gasteiger partial charge is 0.119 e. The first-order chi connectivity index (χ1) is 9.51. The molecule has 2 N–H and O–H groups in total. The van der Waals surface area contributed by atoms with Gasteiger partial charge in [-0.3, -0.25) is 0 Å². The van der Waals surface area contributed by atoms with Gasteiger partial charge in [0.15, 0.2) is 0 Å². The van der Waals surface area contributed by atoms with E-state index in [-0.39, 0.29) is 6.04 Å². The number of hydrogen-bond acceptors (Lipinski definition) is 2. The Hall–Kier alpha value is -1.32. The lowest BCUT2D eigenvalue weighted by atomic mass is 9.94. The molecular weight excluding hydrogens is 314 g/mol. The second-order valence-corrected chi connectivity index (χ2v) is 5.98. The van der Waals surface area contributed by atoms with Crippen LogP contribution in [0.1, 0.15) is 28.3 Å². The summed E-state index contributed by atoms with van der Waals surface area (Å²) < 4.78 is 6.35. The SMILES string of the molecule is COc1ccc(Br)c(CC(N)c2cc(C)ccc2C)c1. The Morgan fingerprint density at radius 2 is 1.90 bits per heavy atom. The number of nitrogens with two attached hydrogens (primary N) is 1. The monoisotopic (exact) mass is 333 g/mol. The van der Waals surface area contributed by atoms with Crippen molar-refractivity contribution in [2.24, 2.45) is 5.73 Å². The van der Waals surface area contributed by atoms with E-state index in [4.69, 9.17) is 10.5 Å². The van der Waals surface area contributed by atoms with Crippen LogP contribution in [0.5, 0.6) is 5.75 Å². The van der Waals surface area contributed by atoms with Crippen molar-refractivity contribution in [3.8, 4) is 5.75 Å². The van der Waals surface area contributed by atoms with Crippen molar-refractivity contribution in [2.75, 3.05) is 7.11 Å². The number of hydrogen-bond donors (Lipinski definition) is 1. The van der Waals surface area contributed by atoms with Crippen LogP contribution in [0.2, 0.25) is 0 Å². The largest absolute Gasteiger partial charge is 0.497 e. The molecule has 0 radical (unpaired) electrons. The van der Waals surface area contributed by atoms with E-state index in [0.717, 1.165) is 22.2 Å². The first-order valence-electron chi connectivity index (χ1n) is 6.66. The average molecular weight is 334 g/mol. The average Bonchev–Trinajstić information content (AvgIpc) is 2.43. The summed E-state index contributed by atoms with van der Waals surface area (Å²) in [6.45, 7) is 4.20. The molecule has 0 heterocycles. The van der Waals surface area contributed by atoms with Gasteiger partial charge in [-0.25, -0.2) is 0 Å². The molecule has 0 aliphatic heterocycles. The Bertz CT molecular complexity index is 610. The number of ether oxygens (including phenoxy) is 1. The third kappa shape index (κ3) is 3.41. The van der Waals surface area contributed by atoms with E-state index in [1.54, 1.807) is 7.11 Å². The molecule has 0 saturated heterocycles. The third-order valence-electron chi connectivity index (χ3n) is 3.53. The van der Waals surface area contributed by atoms with Crippen LogP contribution >= 0.6 is 15.9 Å². The molecule has 2 rings (SSSR count). The van der Waals surface area contributed by atoms with Gasteiger partial charge in [0.1, 0.15) is 5.75 Å². The van der Waals surface area contributed by atoms with Gasteiger partial charge in [-0.05, 0) is 55.2 Å². The molecule has 1 unspecified atom stereocenters. The summed E-state index contributed by atoms with van der Waals surface area (Å²) in [7, 11) is 1.68. The Labute approximate surface area is 129 Å². The topological polar surface area (TPSA) is 35.2 Å². The minimum Gasteiger partial charge on any atom is -0.497 e. The third-order valence-corrected chi connectivity index (χ3v) is 4.30. The molecule has 0 bridgehead atoms. The first-order valence-corrected chi connectivity index (χ1v) is 7.45. The van der Waals surface area contributed by atoms with Gasteiger partial charge in [0.25, 0.3) is 0 Å². The van der Waals surface area contributed by atoms with Crippen LogP contribution in [-0.2, 0) is 6.42 Å². The minimum absolute atomic E-state index is 0.0155. The standard InChI is InChI=1S/C17H20BrNO/c1-11-4-5-12(2)15(8-11)17(19)10-13-9-14(20-3)6-7-16(13)18/h4-9,17H,10,19H2,1-3H3. The van der Waals surface area contributed by atoms with Gasteiger partial charge in [0, 0.05) is 10.5 Å². The number of methoxy groups -OCH3 is 1. The molecule has 0 aliphatic carbocycles. The molecule has 0 amide bonds. The molecule has 2 aromatic rings. The number of aryl methyl sites for hydroxylation is 2. The summed E-state index contributed by atoms with van der Waals surface area (Å²) >= 11 is 3.58. The number of rotatable bonds is 4. The molecule has 0 aliphatic rings. The summed E-state index contributed by atoms with van der Waals surface area (Å²) in [4.78, 5) is 0. The zero-order chi connectivity index (χ0) is 14.7. The fraction of sp³-hybridized carbons (Fsp3) is 0.294. The van der Waals surface area contributed by atoms with Crippen molar-refractivity contribution in [3.05, 3.63) is 63.1 Å². The van der Waals surface area contributed by atoms with Gasteiger partial charge in [-0.15, -0.1) is 0 Å². The highest BCUT2D eigenvalue weighted by Crippen LogP contribution is 2.27. The Kier molecular flexibility index (Phi) is 4.84. The zero-order valence-corrected chi connectivity index (χ0v) is 13.7. The Morgan fingerprint density at radius 1 is 1.15 bits per heavy atom. The summed E-state index contributed by atoms with van der Waals surface area (Å²) in [6.07, 6.45) is 0.780. The maximum Gasteiger partial charge on any atom is 0.119 e. The van der Waals surface area contributed by atoms with E-state index in [2.05, 4.69) is 48.0 Å². The van der Waals surface area contributed by atoms with Crippen LogP contribution < -0.4 is 10.5 Å². The predicted octanol–water partition coefficient (Wildman–Crippen LogP) is 4.32. The van der Waals surface area contributed by atoms with Gasteiger partial charge >= 0.3 is 0 Å². The Balaban J connectivity index is 2.27. The Morgan fingerprint density at radius 3 is 2.60 bits per heavy atom. The molecule has 0 saturated carbocycles. The summed E-state index contributed by atoms with van der Waals surface area (Å²) in [5.41, 5.74) is 11.2. The summed E-state index contributed by atoms with van der Waals surface area (Å²) in [5.74, 6) is 0.858. The number of benzene rings is 2. The van der Waals surface area contributed by atoms with E-state index in [1.807, 2.05) is 18.2 Å². The maximum atomic E-state index is 6.40. The molecule has 20 heavy (non-hydrogen) atoms. The highest BCUT2D eigenvalue weighted by atomic mass is 79.9. The minimum atomic E-state index is -0.0155. The van der Waals surface area contributed by atoms with Crippen molar-refractivity contribution in [1.29, 1.82) is 0 Å². The van der Waals surface area contributed by atoms with Crippen molar-refractivity contribution >= 4 is 15.9 Å². The lowest BCUT2D eigenvalue weighted by Gasteiger charge is -2.17. The molecule has 0 fully saturated rings. The molecule has 2 nitrogen and oxygen atoms in total. The maximum absolute atomic E-state index is 6.40. The van der Waals surface area contributed by atoms with Crippen molar-refractivity contribution < 1.29 is 4.74 Å². The quantitative estimate of drug-likeness (QED) is 0.904. The molecule has 2 aromatic carbocycles. The zero-order valence-electron chi connectivity index (χ0n) is 12.1. The van der Waals surface area contributed by atoms with Crippen molar-refractivity contribution in [3.63, 3.8) is 0 Å². The van der Waals surface area contributed by atoms with Crippen LogP contribution in [0.15, 0.2) is 40.9 Å². The molecule has 106 valence electrons. The molecule has 1 atom stereocenters. The van der Waals surface area contributed by atoms with E-state index in [0.29, 0.717) is 0 Å². The van der Waals surface area contributed by atoms with Crippen molar-refractivity contribution in [2.45, 2.75) is 26.3 Å². The van der Waals surface area contributed by atoms with Gasteiger partial charge in [-0.2, -0.15) is 0 Å². The van der Waals surface area contributed by atoms with E-state index >= 15 is 0 Å². The number of halogens is 1. The van der Waals surface area contributed by atoms with Crippen LogP contribution in [-0.4, -0.2) is 7.11 Å². The van der Waals surface area contributed by atoms with Gasteiger partial charge < -0.3 is 10.5 Å². The van der Waals surface area contributed by atoms with Gasteiger partial charge in [0.05, 0.1) is 7.11 Å². The van der Waals surface area contributed by atoms with Gasteiger partial charge in [-0.1, -0.05) is 39.7 Å². The lowest BCUT2D eigenvalue weighted by molar-refractivity contribution is 0.414. The van der Waals surface area contributed by atoms with E-state index in [1.165, 1.54) is 16.7 Å². The highest BCUT2D eigenvalue weighted by Gasteiger charge is 2.12. The normalized spacial score (nSPS) is 12.2. The van der Waals surface area contributed by atoms with E-state index in [9.17, 15) is 0 Å². The van der Waals surface area contributed by atoms with Crippen LogP contribution in [0, 0.1) is 13.8 Å². The van der Waals surface area contributed by atoms with Crippen molar-refractivity contribution in [1.82, 2.24) is 0 Å². The first kappa shape index (κ1) is 15.1. The molecule has 0 spiro atoms. The van der Waals surface area contributed by atoms with E-state index < -0.39 is 0 Å². The summed E-state index contributed by atoms with van der Waals surface area (Å²) in [6, 6.07) is 12.4. The highest BCUT2D eigenvalue weighted by molar-refractivity contribution is 9.10. The molecule has 0 aromatic heterocycles. The predicted molar refractivity (Wildman–Crippen MR) is 87.2 cm³/mol. The fourth-order valence-electron chi connectivity index (χ4n) is 2.34. The van der Waals surface area contributed by atoms with Crippen LogP contribution in [0.3, 0.4) is 0 Å². The fourth-order valence-corrected chi connectivity index (χ4v) is 2.75. The molecule has 3 heteroatoms. The van der Waals surface area contributed by atoms with Crippen LogP contribution in [0.4, 0.5) is 0 Å². The second-order valence-electron chi connectivity index (χ2n) is 5.13. The second kappa shape index (κ2) is 6.42. The lowest BCUT2D eigenvalue weighted by Crippen LogP contribution is -2.15. The van der Waals surface area contributed by atoms with Gasteiger partial charge in [0.2, 0.25) is 0 Å². The summed E-state index contributed by atoms with van der Waals surface area (Å²) in [5, 5.41) is 0. The molecular formula is C17H20BrNO.